The number of nitrogens with zero attached hydrogens (tertiary/aromatic N) is 1. The van der Waals surface area contributed by atoms with Crippen LogP contribution in [0.2, 0.25) is 0 Å². The molecule has 0 radical (unpaired) electrons. The number of carbonyl (C=O) groups excluding carboxylic acids is 3. The van der Waals surface area contributed by atoms with Gasteiger partial charge in [0.05, 0.1) is 25.6 Å². The highest BCUT2D eigenvalue weighted by Gasteiger charge is 2.69. The number of amides is 2. The van der Waals surface area contributed by atoms with Crippen molar-refractivity contribution in [2.75, 3.05) is 20.8 Å². The van der Waals surface area contributed by atoms with Crippen LogP contribution in [0.5, 0.6) is 11.5 Å². The molecule has 2 aliphatic heterocycles. The Labute approximate surface area is 179 Å². The third-order valence-corrected chi connectivity index (χ3v) is 6.17. The third-order valence-electron chi connectivity index (χ3n) is 6.17. The van der Waals surface area contributed by atoms with Crippen molar-refractivity contribution in [2.24, 2.45) is 11.8 Å². The van der Waals surface area contributed by atoms with Gasteiger partial charge in [-0.3, -0.25) is 19.8 Å². The topological polar surface area (TPSA) is 105 Å². The monoisotopic (exact) mass is 424 g/mol. The minimum Gasteiger partial charge on any atom is -0.504 e. The maximum absolute atomic E-state index is 13.4. The Morgan fingerprint density at radius 1 is 1.16 bits per heavy atom. The molecule has 162 valence electrons. The number of ether oxygens (including phenoxy) is 2. The van der Waals surface area contributed by atoms with Crippen LogP contribution in [0, 0.1) is 11.8 Å². The lowest BCUT2D eigenvalue weighted by molar-refractivity contribution is -0.156. The lowest BCUT2D eigenvalue weighted by Crippen LogP contribution is -2.53. The predicted molar refractivity (Wildman–Crippen MR) is 110 cm³/mol. The highest BCUT2D eigenvalue weighted by Crippen LogP contribution is 2.53. The Kier molecular flexibility index (Phi) is 5.18. The van der Waals surface area contributed by atoms with Crippen LogP contribution in [-0.4, -0.2) is 48.6 Å². The van der Waals surface area contributed by atoms with Crippen molar-refractivity contribution < 1.29 is 29.0 Å². The summed E-state index contributed by atoms with van der Waals surface area (Å²) in [5.41, 5.74) is -0.369. The van der Waals surface area contributed by atoms with Gasteiger partial charge in [-0.25, -0.2) is 4.79 Å². The number of carbonyl (C=O) groups is 3. The number of fused-ring (bicyclic) bond motifs is 1. The fraction of sp³-hybridized carbons (Fsp3) is 0.348. The summed E-state index contributed by atoms with van der Waals surface area (Å²) in [4.78, 5) is 40.8. The van der Waals surface area contributed by atoms with E-state index in [2.05, 4.69) is 5.32 Å². The molecular weight excluding hydrogens is 400 g/mol. The third kappa shape index (κ3) is 2.97. The van der Waals surface area contributed by atoms with Crippen LogP contribution in [0.25, 0.3) is 0 Å². The molecule has 2 fully saturated rings. The maximum atomic E-state index is 13.4. The van der Waals surface area contributed by atoms with Crippen LogP contribution in [0.3, 0.4) is 0 Å². The van der Waals surface area contributed by atoms with Gasteiger partial charge in [0.15, 0.2) is 17.0 Å². The Hall–Kier alpha value is -3.39. The van der Waals surface area contributed by atoms with Gasteiger partial charge in [0, 0.05) is 13.1 Å². The number of phenols is 1. The summed E-state index contributed by atoms with van der Waals surface area (Å²) in [6, 6.07) is 12.9. The van der Waals surface area contributed by atoms with Crippen LogP contribution >= 0.6 is 0 Å². The number of hydrogen-bond donors (Lipinski definition) is 2. The van der Waals surface area contributed by atoms with E-state index in [1.165, 1.54) is 20.2 Å². The summed E-state index contributed by atoms with van der Waals surface area (Å²) in [5, 5.41) is 13.3. The Balaban J connectivity index is 1.93. The number of benzene rings is 2. The van der Waals surface area contributed by atoms with Crippen molar-refractivity contribution in [1.29, 1.82) is 0 Å². The molecule has 0 spiro atoms. The van der Waals surface area contributed by atoms with Gasteiger partial charge in [0.2, 0.25) is 11.8 Å². The molecule has 4 atom stereocenters. The smallest absolute Gasteiger partial charge is 0.331 e. The molecule has 0 saturated carbocycles. The van der Waals surface area contributed by atoms with Gasteiger partial charge >= 0.3 is 5.97 Å². The van der Waals surface area contributed by atoms with Crippen molar-refractivity contribution in [3.05, 3.63) is 59.7 Å². The van der Waals surface area contributed by atoms with Gasteiger partial charge in [0.1, 0.15) is 0 Å². The first kappa shape index (κ1) is 20.9. The van der Waals surface area contributed by atoms with Crippen molar-refractivity contribution in [1.82, 2.24) is 10.2 Å². The molecule has 2 aromatic carbocycles. The maximum Gasteiger partial charge on any atom is 0.331 e. The van der Waals surface area contributed by atoms with Crippen molar-refractivity contribution in [3.8, 4) is 11.5 Å². The van der Waals surface area contributed by atoms with E-state index in [1.54, 1.807) is 43.3 Å². The van der Waals surface area contributed by atoms with Crippen molar-refractivity contribution >= 4 is 17.8 Å². The summed E-state index contributed by atoms with van der Waals surface area (Å²) in [6.45, 7) is 1.82. The van der Waals surface area contributed by atoms with Gasteiger partial charge in [-0.05, 0) is 30.2 Å². The molecule has 2 heterocycles. The number of rotatable bonds is 5. The van der Waals surface area contributed by atoms with Crippen molar-refractivity contribution in [3.63, 3.8) is 0 Å². The molecule has 2 N–H and O–H groups in total. The van der Waals surface area contributed by atoms with Crippen LogP contribution in [0.15, 0.2) is 48.5 Å². The van der Waals surface area contributed by atoms with Gasteiger partial charge in [-0.15, -0.1) is 0 Å². The highest BCUT2D eigenvalue weighted by molar-refractivity contribution is 6.09. The zero-order valence-corrected chi connectivity index (χ0v) is 17.5. The first-order valence-electron chi connectivity index (χ1n) is 10.1. The highest BCUT2D eigenvalue weighted by atomic mass is 16.5. The van der Waals surface area contributed by atoms with Gasteiger partial charge in [0.25, 0.3) is 0 Å². The molecule has 8 nitrogen and oxygen atoms in total. The summed E-state index contributed by atoms with van der Waals surface area (Å²) in [6.07, 6.45) is 0. The second-order valence-electron chi connectivity index (χ2n) is 7.69. The summed E-state index contributed by atoms with van der Waals surface area (Å²) >= 11 is 0. The minimum absolute atomic E-state index is 0.0496. The second-order valence-corrected chi connectivity index (χ2v) is 7.69. The average molecular weight is 424 g/mol. The predicted octanol–water partition coefficient (Wildman–Crippen LogP) is 1.73. The van der Waals surface area contributed by atoms with E-state index in [0.717, 1.165) is 4.90 Å². The van der Waals surface area contributed by atoms with Gasteiger partial charge in [-0.2, -0.15) is 0 Å². The first-order chi connectivity index (χ1) is 14.9. The molecule has 4 rings (SSSR count). The summed E-state index contributed by atoms with van der Waals surface area (Å²) in [5.74, 6) is -3.04. The zero-order chi connectivity index (χ0) is 22.3. The summed E-state index contributed by atoms with van der Waals surface area (Å²) < 4.78 is 10.6. The molecule has 2 aliphatic rings. The SMILES string of the molecule is CCOC(=O)[C@@]1(c2ccccc2)N[C@@H](c2ccc(O)c(OC)c2)[C@H]2C(=O)N(C)C(=O)[C@H]21. The molecule has 0 aromatic heterocycles. The number of aromatic hydroxyl groups is 1. The number of methoxy groups -OCH3 is 1. The van der Waals surface area contributed by atoms with E-state index in [0.29, 0.717) is 11.1 Å². The Bertz CT molecular complexity index is 1040. The molecule has 0 unspecified atom stereocenters. The molecule has 0 aliphatic carbocycles. The normalized spacial score (nSPS) is 27.3. The van der Waals surface area contributed by atoms with Gasteiger partial charge in [-0.1, -0.05) is 36.4 Å². The summed E-state index contributed by atoms with van der Waals surface area (Å²) in [7, 11) is 2.85. The quantitative estimate of drug-likeness (QED) is 0.556. The lowest BCUT2D eigenvalue weighted by Gasteiger charge is -2.33. The van der Waals surface area contributed by atoms with Crippen LogP contribution in [0.4, 0.5) is 0 Å². The van der Waals surface area contributed by atoms with E-state index in [-0.39, 0.29) is 24.0 Å². The number of likely N-dealkylation sites (tertiary alicyclic amines) is 1. The minimum atomic E-state index is -1.53. The number of esters is 1. The molecule has 2 saturated heterocycles. The molecule has 0 bridgehead atoms. The van der Waals surface area contributed by atoms with Crippen LogP contribution in [0.1, 0.15) is 24.1 Å². The Morgan fingerprint density at radius 2 is 1.87 bits per heavy atom. The van der Waals surface area contributed by atoms with Crippen LogP contribution in [-0.2, 0) is 24.7 Å². The largest absolute Gasteiger partial charge is 0.504 e. The molecular formula is C23H24N2O6. The number of imide groups is 1. The Morgan fingerprint density at radius 3 is 2.52 bits per heavy atom. The molecule has 2 amide bonds. The second kappa shape index (κ2) is 7.70. The standard InChI is InChI=1S/C23H24N2O6/c1-4-31-22(29)23(14-8-6-5-7-9-14)18-17(20(27)25(2)21(18)28)19(24-23)13-10-11-15(26)16(12-13)30-3/h5-12,17-19,24,26H,4H2,1-3H3/t17-,18-,19-,23-/m0/s1. The van der Waals surface area contributed by atoms with Crippen LogP contribution < -0.4 is 10.1 Å². The fourth-order valence-electron chi connectivity index (χ4n) is 4.74. The van der Waals surface area contributed by atoms with E-state index in [9.17, 15) is 19.5 Å². The van der Waals surface area contributed by atoms with Crippen molar-refractivity contribution in [2.45, 2.75) is 18.5 Å². The van der Waals surface area contributed by atoms with E-state index in [4.69, 9.17) is 9.47 Å². The number of phenolic OH excluding ortho intramolecular Hbond substituents is 1. The average Bonchev–Trinajstić information content (AvgIpc) is 3.25. The lowest BCUT2D eigenvalue weighted by atomic mass is 9.75. The van der Waals surface area contributed by atoms with E-state index < -0.39 is 35.3 Å². The first-order valence-corrected chi connectivity index (χ1v) is 10.1. The molecule has 31 heavy (non-hydrogen) atoms. The van der Waals surface area contributed by atoms with Gasteiger partial charge < -0.3 is 14.6 Å². The number of nitrogens with one attached hydrogen (secondary N) is 1. The zero-order valence-electron chi connectivity index (χ0n) is 17.5. The molecule has 8 heteroatoms. The van der Waals surface area contributed by atoms with E-state index >= 15 is 0 Å². The number of hydrogen-bond acceptors (Lipinski definition) is 7. The fourth-order valence-corrected chi connectivity index (χ4v) is 4.74. The molecule has 2 aromatic rings. The van der Waals surface area contributed by atoms with E-state index in [1.807, 2.05) is 6.07 Å².